The zero-order chi connectivity index (χ0) is 15.6. The number of rotatable bonds is 3. The third-order valence-electron chi connectivity index (χ3n) is 3.01. The SMILES string of the molecule is O=S(=O)(Nc1ccc2c(c1)OCCCO2)c1cccnc1Cl. The maximum atomic E-state index is 12.4. The number of sulfonamides is 1. The van der Waals surface area contributed by atoms with E-state index in [1.807, 2.05) is 0 Å². The highest BCUT2D eigenvalue weighted by molar-refractivity contribution is 7.92. The van der Waals surface area contributed by atoms with Gasteiger partial charge in [0.1, 0.15) is 10.0 Å². The molecule has 0 bridgehead atoms. The Bertz CT molecular complexity index is 795. The van der Waals surface area contributed by atoms with Crippen LogP contribution in [0.1, 0.15) is 6.42 Å². The Morgan fingerprint density at radius 3 is 2.68 bits per heavy atom. The predicted octanol–water partition coefficient (Wildman–Crippen LogP) is 2.70. The number of ether oxygens (including phenoxy) is 2. The molecule has 0 saturated carbocycles. The van der Waals surface area contributed by atoms with Crippen LogP contribution in [0.2, 0.25) is 5.15 Å². The molecule has 0 spiro atoms. The molecule has 2 heterocycles. The summed E-state index contributed by atoms with van der Waals surface area (Å²) in [6.45, 7) is 1.10. The largest absolute Gasteiger partial charge is 0.490 e. The number of hydrogen-bond donors (Lipinski definition) is 1. The van der Waals surface area contributed by atoms with E-state index < -0.39 is 10.0 Å². The van der Waals surface area contributed by atoms with Crippen molar-refractivity contribution in [2.45, 2.75) is 11.3 Å². The molecule has 0 atom stereocenters. The standard InChI is InChI=1S/C14H13ClN2O4S/c15-14-13(3-1-6-16-14)22(18,19)17-10-4-5-11-12(9-10)21-8-2-7-20-11/h1,3-6,9,17H,2,7-8H2. The van der Waals surface area contributed by atoms with E-state index in [9.17, 15) is 8.42 Å². The first-order valence-electron chi connectivity index (χ1n) is 6.59. The number of nitrogens with zero attached hydrogens (tertiary/aromatic N) is 1. The zero-order valence-electron chi connectivity index (χ0n) is 11.5. The average molecular weight is 341 g/mol. The van der Waals surface area contributed by atoms with Crippen LogP contribution in [-0.2, 0) is 10.0 Å². The Morgan fingerprint density at radius 2 is 1.91 bits per heavy atom. The summed E-state index contributed by atoms with van der Waals surface area (Å²) in [6.07, 6.45) is 2.20. The Morgan fingerprint density at radius 1 is 1.14 bits per heavy atom. The second-order valence-electron chi connectivity index (χ2n) is 4.61. The Labute approximate surface area is 133 Å². The summed E-state index contributed by atoms with van der Waals surface area (Å²) in [5.74, 6) is 1.11. The maximum Gasteiger partial charge on any atom is 0.264 e. The van der Waals surface area contributed by atoms with Gasteiger partial charge < -0.3 is 9.47 Å². The minimum absolute atomic E-state index is 0.0793. The Hall–Kier alpha value is -1.99. The summed E-state index contributed by atoms with van der Waals surface area (Å²) in [5, 5.41) is -0.0793. The molecule has 1 aliphatic rings. The minimum Gasteiger partial charge on any atom is -0.490 e. The predicted molar refractivity (Wildman–Crippen MR) is 82.1 cm³/mol. The van der Waals surface area contributed by atoms with E-state index in [0.717, 1.165) is 6.42 Å². The molecule has 0 fully saturated rings. The first-order chi connectivity index (χ1) is 10.6. The first kappa shape index (κ1) is 14.9. The van der Waals surface area contributed by atoms with E-state index >= 15 is 0 Å². The average Bonchev–Trinajstić information content (AvgIpc) is 2.72. The number of benzene rings is 1. The highest BCUT2D eigenvalue weighted by Crippen LogP contribution is 2.33. The molecule has 3 rings (SSSR count). The molecule has 0 amide bonds. The fourth-order valence-electron chi connectivity index (χ4n) is 2.01. The van der Waals surface area contributed by atoms with Gasteiger partial charge in [-0.1, -0.05) is 11.6 Å². The molecule has 1 aromatic heterocycles. The van der Waals surface area contributed by atoms with Gasteiger partial charge in [-0.3, -0.25) is 4.72 Å². The van der Waals surface area contributed by atoms with Gasteiger partial charge in [-0.2, -0.15) is 0 Å². The zero-order valence-corrected chi connectivity index (χ0v) is 13.0. The van der Waals surface area contributed by atoms with Gasteiger partial charge in [-0.15, -0.1) is 0 Å². The van der Waals surface area contributed by atoms with Gasteiger partial charge >= 0.3 is 0 Å². The van der Waals surface area contributed by atoms with Crippen LogP contribution in [-0.4, -0.2) is 26.6 Å². The van der Waals surface area contributed by atoms with Crippen molar-refractivity contribution in [3.63, 3.8) is 0 Å². The number of anilines is 1. The van der Waals surface area contributed by atoms with Gasteiger partial charge in [0.15, 0.2) is 11.5 Å². The molecule has 2 aromatic rings. The molecule has 0 unspecified atom stereocenters. The van der Waals surface area contributed by atoms with Crippen LogP contribution in [0.5, 0.6) is 11.5 Å². The number of aromatic nitrogens is 1. The molecule has 1 aliphatic heterocycles. The molecule has 0 radical (unpaired) electrons. The topological polar surface area (TPSA) is 77.5 Å². The molecule has 1 aromatic carbocycles. The van der Waals surface area contributed by atoms with Crippen molar-refractivity contribution in [2.75, 3.05) is 17.9 Å². The van der Waals surface area contributed by atoms with E-state index in [1.165, 1.54) is 18.3 Å². The van der Waals surface area contributed by atoms with Crippen molar-refractivity contribution in [3.05, 3.63) is 41.7 Å². The van der Waals surface area contributed by atoms with E-state index in [4.69, 9.17) is 21.1 Å². The summed E-state index contributed by atoms with van der Waals surface area (Å²) < 4.78 is 38.2. The van der Waals surface area contributed by atoms with Crippen molar-refractivity contribution >= 4 is 27.3 Å². The van der Waals surface area contributed by atoms with Crippen molar-refractivity contribution in [3.8, 4) is 11.5 Å². The van der Waals surface area contributed by atoms with Gasteiger partial charge in [0.05, 0.1) is 18.9 Å². The number of pyridine rings is 1. The van der Waals surface area contributed by atoms with Crippen molar-refractivity contribution in [1.29, 1.82) is 0 Å². The summed E-state index contributed by atoms with van der Waals surface area (Å²) >= 11 is 5.84. The van der Waals surface area contributed by atoms with E-state index in [1.54, 1.807) is 18.2 Å². The Balaban J connectivity index is 1.90. The summed E-state index contributed by atoms with van der Waals surface area (Å²) in [6, 6.07) is 7.76. The first-order valence-corrected chi connectivity index (χ1v) is 8.45. The molecule has 0 aliphatic carbocycles. The number of hydrogen-bond acceptors (Lipinski definition) is 5. The highest BCUT2D eigenvalue weighted by Gasteiger charge is 2.19. The number of fused-ring (bicyclic) bond motifs is 1. The lowest BCUT2D eigenvalue weighted by Gasteiger charge is -2.12. The van der Waals surface area contributed by atoms with Crippen LogP contribution in [0.3, 0.4) is 0 Å². The van der Waals surface area contributed by atoms with Crippen LogP contribution in [0.15, 0.2) is 41.4 Å². The van der Waals surface area contributed by atoms with E-state index in [2.05, 4.69) is 9.71 Å². The third-order valence-corrected chi connectivity index (χ3v) is 4.84. The van der Waals surface area contributed by atoms with Crippen LogP contribution in [0.25, 0.3) is 0 Å². The lowest BCUT2D eigenvalue weighted by molar-refractivity contribution is 0.297. The lowest BCUT2D eigenvalue weighted by atomic mass is 10.3. The van der Waals surface area contributed by atoms with E-state index in [-0.39, 0.29) is 10.0 Å². The van der Waals surface area contributed by atoms with E-state index in [0.29, 0.717) is 30.4 Å². The lowest BCUT2D eigenvalue weighted by Crippen LogP contribution is -2.14. The van der Waals surface area contributed by atoms with Crippen LogP contribution in [0, 0.1) is 0 Å². The fourth-order valence-corrected chi connectivity index (χ4v) is 3.51. The molecule has 8 heteroatoms. The smallest absolute Gasteiger partial charge is 0.264 e. The van der Waals surface area contributed by atoms with Crippen LogP contribution < -0.4 is 14.2 Å². The molecule has 116 valence electrons. The normalized spacial score (nSPS) is 14.2. The second-order valence-corrected chi connectivity index (χ2v) is 6.62. The van der Waals surface area contributed by atoms with Gasteiger partial charge in [0.25, 0.3) is 10.0 Å². The maximum absolute atomic E-state index is 12.4. The van der Waals surface area contributed by atoms with Gasteiger partial charge in [0, 0.05) is 18.7 Å². The van der Waals surface area contributed by atoms with Gasteiger partial charge in [-0.25, -0.2) is 13.4 Å². The molecule has 1 N–H and O–H groups in total. The fraction of sp³-hybridized carbons (Fsp3) is 0.214. The Kier molecular flexibility index (Phi) is 4.08. The molecular formula is C14H13ClN2O4S. The van der Waals surface area contributed by atoms with Crippen molar-refractivity contribution < 1.29 is 17.9 Å². The minimum atomic E-state index is -3.82. The number of halogens is 1. The molecule has 22 heavy (non-hydrogen) atoms. The summed E-state index contributed by atoms with van der Waals surface area (Å²) in [7, 11) is -3.82. The van der Waals surface area contributed by atoms with Gasteiger partial charge in [-0.05, 0) is 24.3 Å². The van der Waals surface area contributed by atoms with Crippen molar-refractivity contribution in [1.82, 2.24) is 4.98 Å². The monoisotopic (exact) mass is 340 g/mol. The second kappa shape index (κ2) is 6.02. The third kappa shape index (κ3) is 3.10. The van der Waals surface area contributed by atoms with Gasteiger partial charge in [0.2, 0.25) is 0 Å². The van der Waals surface area contributed by atoms with Crippen molar-refractivity contribution in [2.24, 2.45) is 0 Å². The van der Waals surface area contributed by atoms with Crippen LogP contribution >= 0.6 is 11.6 Å². The molecule has 0 saturated heterocycles. The number of nitrogens with one attached hydrogen (secondary N) is 1. The molecule has 6 nitrogen and oxygen atoms in total. The van der Waals surface area contributed by atoms with Crippen LogP contribution in [0.4, 0.5) is 5.69 Å². The highest BCUT2D eigenvalue weighted by atomic mass is 35.5. The molecular weight excluding hydrogens is 328 g/mol. The summed E-state index contributed by atoms with van der Waals surface area (Å²) in [4.78, 5) is 3.69. The summed E-state index contributed by atoms with van der Waals surface area (Å²) in [5.41, 5.74) is 0.365. The quantitative estimate of drug-likeness (QED) is 0.869.